The summed E-state index contributed by atoms with van der Waals surface area (Å²) in [4.78, 5) is 28.9. The number of carbonyl (C=O) groups excluding carboxylic acids is 2. The molecule has 2 amide bonds. The van der Waals surface area contributed by atoms with E-state index in [1.54, 1.807) is 73.7 Å². The molecule has 0 radical (unpaired) electrons. The highest BCUT2D eigenvalue weighted by atomic mass is 35.5. The molecule has 9 heteroatoms. The zero-order valence-electron chi connectivity index (χ0n) is 22.9. The lowest BCUT2D eigenvalue weighted by molar-refractivity contribution is -0.139. The van der Waals surface area contributed by atoms with Crippen molar-refractivity contribution in [2.75, 3.05) is 10.8 Å². The van der Waals surface area contributed by atoms with E-state index >= 15 is 0 Å². The number of benzene rings is 3. The molecule has 0 aromatic heterocycles. The number of nitrogens with one attached hydrogen (secondary N) is 1. The molecular formula is C31H36ClN3O4S. The largest absolute Gasteiger partial charge is 0.352 e. The number of nitrogens with zero attached hydrogens (tertiary/aromatic N) is 2. The lowest BCUT2D eigenvalue weighted by Gasteiger charge is -2.33. The van der Waals surface area contributed by atoms with Gasteiger partial charge in [-0.05, 0) is 68.7 Å². The Bertz CT molecular complexity index is 1390. The number of rotatable bonds is 10. The SMILES string of the molecule is Cc1ccc(S(=O)(=O)N(CC(=O)N(Cc2ccc(Cl)cc2)[C@@H](C)C(=O)NC2CCCCC2)c2ccccc2)cc1. The minimum atomic E-state index is -4.08. The number of hydrogen-bond acceptors (Lipinski definition) is 4. The Kier molecular flexibility index (Phi) is 9.87. The molecule has 0 spiro atoms. The fourth-order valence-corrected chi connectivity index (χ4v) is 6.44. The van der Waals surface area contributed by atoms with Gasteiger partial charge in [-0.3, -0.25) is 13.9 Å². The second-order valence-electron chi connectivity index (χ2n) is 10.3. The Morgan fingerprint density at radius 2 is 1.55 bits per heavy atom. The van der Waals surface area contributed by atoms with Crippen molar-refractivity contribution >= 4 is 39.1 Å². The van der Waals surface area contributed by atoms with Crippen molar-refractivity contribution in [3.8, 4) is 0 Å². The second kappa shape index (κ2) is 13.3. The van der Waals surface area contributed by atoms with Crippen LogP contribution in [0.1, 0.15) is 50.2 Å². The van der Waals surface area contributed by atoms with E-state index in [0.717, 1.165) is 47.5 Å². The van der Waals surface area contributed by atoms with Crippen molar-refractivity contribution in [2.45, 2.75) is 69.5 Å². The monoisotopic (exact) mass is 581 g/mol. The zero-order chi connectivity index (χ0) is 28.7. The summed E-state index contributed by atoms with van der Waals surface area (Å²) < 4.78 is 28.8. The topological polar surface area (TPSA) is 86.8 Å². The van der Waals surface area contributed by atoms with Gasteiger partial charge >= 0.3 is 0 Å². The number of anilines is 1. The van der Waals surface area contributed by atoms with E-state index in [9.17, 15) is 18.0 Å². The van der Waals surface area contributed by atoms with Crippen molar-refractivity contribution < 1.29 is 18.0 Å². The van der Waals surface area contributed by atoms with Gasteiger partial charge in [-0.25, -0.2) is 8.42 Å². The van der Waals surface area contributed by atoms with Gasteiger partial charge in [0.05, 0.1) is 10.6 Å². The normalized spacial score (nSPS) is 14.8. The third-order valence-corrected chi connectivity index (χ3v) is 9.36. The van der Waals surface area contributed by atoms with Crippen molar-refractivity contribution in [3.05, 3.63) is 95.0 Å². The summed E-state index contributed by atoms with van der Waals surface area (Å²) in [6.45, 7) is 3.23. The van der Waals surface area contributed by atoms with Gasteiger partial charge in [0.1, 0.15) is 12.6 Å². The van der Waals surface area contributed by atoms with E-state index < -0.39 is 28.5 Å². The molecule has 3 aromatic carbocycles. The highest BCUT2D eigenvalue weighted by Gasteiger charge is 2.33. The molecular weight excluding hydrogens is 546 g/mol. The van der Waals surface area contributed by atoms with Crippen LogP contribution in [-0.4, -0.2) is 43.8 Å². The predicted octanol–water partition coefficient (Wildman–Crippen LogP) is 5.71. The molecule has 1 N–H and O–H groups in total. The number of amides is 2. The molecule has 0 bridgehead atoms. The number of carbonyl (C=O) groups is 2. The molecule has 40 heavy (non-hydrogen) atoms. The van der Waals surface area contributed by atoms with E-state index in [1.807, 2.05) is 6.92 Å². The summed E-state index contributed by atoms with van der Waals surface area (Å²) in [5.41, 5.74) is 2.07. The molecule has 1 fully saturated rings. The Morgan fingerprint density at radius 1 is 0.925 bits per heavy atom. The first-order chi connectivity index (χ1) is 19.1. The van der Waals surface area contributed by atoms with E-state index in [-0.39, 0.29) is 23.4 Å². The third kappa shape index (κ3) is 7.43. The van der Waals surface area contributed by atoms with Gasteiger partial charge in [-0.1, -0.05) is 78.9 Å². The van der Waals surface area contributed by atoms with E-state index in [1.165, 1.54) is 17.0 Å². The van der Waals surface area contributed by atoms with Crippen LogP contribution in [0, 0.1) is 6.92 Å². The van der Waals surface area contributed by atoms with Crippen molar-refractivity contribution in [3.63, 3.8) is 0 Å². The molecule has 0 aliphatic heterocycles. The lowest BCUT2D eigenvalue weighted by Crippen LogP contribution is -2.53. The van der Waals surface area contributed by atoms with Gasteiger partial charge in [0, 0.05) is 17.6 Å². The van der Waals surface area contributed by atoms with Gasteiger partial charge in [0.25, 0.3) is 10.0 Å². The van der Waals surface area contributed by atoms with Crippen LogP contribution < -0.4 is 9.62 Å². The molecule has 1 atom stereocenters. The number of halogens is 1. The fraction of sp³-hybridized carbons (Fsp3) is 0.355. The maximum atomic E-state index is 14.0. The highest BCUT2D eigenvalue weighted by molar-refractivity contribution is 7.92. The van der Waals surface area contributed by atoms with E-state index in [2.05, 4.69) is 5.32 Å². The number of aryl methyl sites for hydroxylation is 1. The summed E-state index contributed by atoms with van der Waals surface area (Å²) in [5.74, 6) is -0.734. The maximum absolute atomic E-state index is 14.0. The van der Waals surface area contributed by atoms with Crippen molar-refractivity contribution in [1.82, 2.24) is 10.2 Å². The predicted molar refractivity (Wildman–Crippen MR) is 159 cm³/mol. The highest BCUT2D eigenvalue weighted by Crippen LogP contribution is 2.25. The summed E-state index contributed by atoms with van der Waals surface area (Å²) in [6.07, 6.45) is 5.12. The van der Waals surface area contributed by atoms with E-state index in [0.29, 0.717) is 10.7 Å². The minimum Gasteiger partial charge on any atom is -0.352 e. The number of hydrogen-bond donors (Lipinski definition) is 1. The molecule has 4 rings (SSSR count). The first-order valence-electron chi connectivity index (χ1n) is 13.6. The quantitative estimate of drug-likeness (QED) is 0.332. The molecule has 0 saturated heterocycles. The summed E-state index contributed by atoms with van der Waals surface area (Å²) in [7, 11) is -4.08. The standard InChI is InChI=1S/C31H36ClN3O4S/c1-23-13-19-29(20-14-23)40(38,39)35(28-11-7-4-8-12-28)22-30(36)34(21-25-15-17-26(32)18-16-25)24(2)31(37)33-27-9-5-3-6-10-27/h4,7-8,11-20,24,27H,3,5-6,9-10,21-22H2,1-2H3,(H,33,37)/t24-/m0/s1. The molecule has 0 unspecified atom stereocenters. The first-order valence-corrected chi connectivity index (χ1v) is 15.5. The molecule has 0 heterocycles. The Labute approximate surface area is 242 Å². The molecule has 1 aliphatic rings. The second-order valence-corrected chi connectivity index (χ2v) is 12.6. The van der Waals surface area contributed by atoms with Gasteiger partial charge in [0.2, 0.25) is 11.8 Å². The van der Waals surface area contributed by atoms with Crippen molar-refractivity contribution in [2.24, 2.45) is 0 Å². The maximum Gasteiger partial charge on any atom is 0.264 e. The number of para-hydroxylation sites is 1. The number of sulfonamides is 1. The van der Waals surface area contributed by atoms with Crippen LogP contribution >= 0.6 is 11.6 Å². The molecule has 212 valence electrons. The first kappa shape index (κ1) is 29.6. The fourth-order valence-electron chi connectivity index (χ4n) is 4.90. The van der Waals surface area contributed by atoms with Crippen LogP contribution in [0.15, 0.2) is 83.8 Å². The van der Waals surface area contributed by atoms with Crippen LogP contribution in [0.2, 0.25) is 5.02 Å². The summed E-state index contributed by atoms with van der Waals surface area (Å²) in [5, 5.41) is 3.67. The van der Waals surface area contributed by atoms with Crippen LogP contribution in [-0.2, 0) is 26.2 Å². The van der Waals surface area contributed by atoms with Gasteiger partial charge < -0.3 is 10.2 Å². The average molecular weight is 582 g/mol. The summed E-state index contributed by atoms with van der Waals surface area (Å²) in [6, 6.07) is 21.4. The minimum absolute atomic E-state index is 0.0823. The van der Waals surface area contributed by atoms with Crippen molar-refractivity contribution in [1.29, 1.82) is 0 Å². The molecule has 1 aliphatic carbocycles. The van der Waals surface area contributed by atoms with Gasteiger partial charge in [-0.15, -0.1) is 0 Å². The Morgan fingerprint density at radius 3 is 2.17 bits per heavy atom. The Hall–Kier alpha value is -3.36. The molecule has 3 aromatic rings. The average Bonchev–Trinajstić information content (AvgIpc) is 2.96. The van der Waals surface area contributed by atoms with Crippen LogP contribution in [0.3, 0.4) is 0 Å². The van der Waals surface area contributed by atoms with Gasteiger partial charge in [0.15, 0.2) is 0 Å². The Balaban J connectivity index is 1.65. The molecule has 1 saturated carbocycles. The van der Waals surface area contributed by atoms with E-state index in [4.69, 9.17) is 11.6 Å². The van der Waals surface area contributed by atoms with Crippen LogP contribution in [0.25, 0.3) is 0 Å². The zero-order valence-corrected chi connectivity index (χ0v) is 24.5. The van der Waals surface area contributed by atoms with Gasteiger partial charge in [-0.2, -0.15) is 0 Å². The summed E-state index contributed by atoms with van der Waals surface area (Å²) >= 11 is 6.07. The van der Waals surface area contributed by atoms with Crippen LogP contribution in [0.5, 0.6) is 0 Å². The molecule has 7 nitrogen and oxygen atoms in total. The van der Waals surface area contributed by atoms with Crippen LogP contribution in [0.4, 0.5) is 5.69 Å². The smallest absolute Gasteiger partial charge is 0.264 e. The third-order valence-electron chi connectivity index (χ3n) is 7.32. The lowest BCUT2D eigenvalue weighted by atomic mass is 9.95.